The zero-order valence-corrected chi connectivity index (χ0v) is 16.2. The highest BCUT2D eigenvalue weighted by Gasteiger charge is 2.08. The van der Waals surface area contributed by atoms with Gasteiger partial charge in [-0.05, 0) is 48.0 Å². The maximum atomic E-state index is 14.3. The minimum absolute atomic E-state index is 0.0674. The fraction of sp³-hybridized carbons (Fsp3) is 0.136. The maximum absolute atomic E-state index is 14.3. The first-order chi connectivity index (χ1) is 14.7. The van der Waals surface area contributed by atoms with Crippen LogP contribution in [0.3, 0.4) is 0 Å². The molecule has 3 aromatic rings. The van der Waals surface area contributed by atoms with Gasteiger partial charge in [-0.15, -0.1) is 0 Å². The summed E-state index contributed by atoms with van der Waals surface area (Å²) in [7, 11) is 1.57. The molecule has 1 amide bonds. The van der Waals surface area contributed by atoms with E-state index in [2.05, 4.69) is 15.3 Å². The van der Waals surface area contributed by atoms with Crippen LogP contribution in [0.1, 0.15) is 5.56 Å². The van der Waals surface area contributed by atoms with Crippen LogP contribution in [0.2, 0.25) is 0 Å². The normalized spacial score (nSPS) is 10.7. The molecule has 0 fully saturated rings. The van der Waals surface area contributed by atoms with E-state index in [4.69, 9.17) is 14.2 Å². The van der Waals surface area contributed by atoms with Gasteiger partial charge in [0.05, 0.1) is 12.8 Å². The molecule has 0 aliphatic heterocycles. The number of anilines is 1. The Bertz CT molecular complexity index is 1010. The minimum atomic E-state index is -0.553. The number of rotatable bonds is 9. The molecule has 3 rings (SSSR count). The Balaban J connectivity index is 1.62. The van der Waals surface area contributed by atoms with Crippen molar-refractivity contribution in [1.29, 1.82) is 0 Å². The van der Waals surface area contributed by atoms with Gasteiger partial charge in [0.25, 0.3) is 0 Å². The van der Waals surface area contributed by atoms with E-state index in [1.165, 1.54) is 30.5 Å². The van der Waals surface area contributed by atoms with E-state index in [9.17, 15) is 9.18 Å². The van der Waals surface area contributed by atoms with Gasteiger partial charge in [-0.25, -0.2) is 9.37 Å². The van der Waals surface area contributed by atoms with Gasteiger partial charge in [0.15, 0.2) is 11.6 Å². The predicted octanol–water partition coefficient (Wildman–Crippen LogP) is 4.09. The van der Waals surface area contributed by atoms with Crippen LogP contribution in [0.5, 0.6) is 17.4 Å². The Morgan fingerprint density at radius 3 is 2.80 bits per heavy atom. The average molecular weight is 409 g/mol. The number of methoxy groups -OCH3 is 1. The summed E-state index contributed by atoms with van der Waals surface area (Å²) in [4.78, 5) is 20.2. The van der Waals surface area contributed by atoms with E-state index >= 15 is 0 Å². The molecule has 2 aromatic heterocycles. The molecular formula is C22H20FN3O4. The largest absolute Gasteiger partial charge is 0.474 e. The van der Waals surface area contributed by atoms with Crippen LogP contribution in [0.25, 0.3) is 6.08 Å². The number of aromatic nitrogens is 2. The number of amides is 1. The molecule has 2 heterocycles. The summed E-state index contributed by atoms with van der Waals surface area (Å²) in [6.07, 6.45) is 7.44. The Kier molecular flexibility index (Phi) is 7.45. The Morgan fingerprint density at radius 2 is 2.03 bits per heavy atom. The molecule has 154 valence electrons. The van der Waals surface area contributed by atoms with Crippen LogP contribution in [0, 0.1) is 5.82 Å². The predicted molar refractivity (Wildman–Crippen MR) is 110 cm³/mol. The molecule has 0 unspecified atom stereocenters. The SMILES string of the molecule is COCCOc1ncccc1NC(=O)/C=C/c1ccc(Oc2cccnc2)c(F)c1. The number of carbonyl (C=O) groups is 1. The van der Waals surface area contributed by atoms with E-state index < -0.39 is 11.7 Å². The number of halogens is 1. The number of nitrogens with one attached hydrogen (secondary N) is 1. The summed E-state index contributed by atoms with van der Waals surface area (Å²) in [6, 6.07) is 11.1. The van der Waals surface area contributed by atoms with Gasteiger partial charge in [0, 0.05) is 25.6 Å². The van der Waals surface area contributed by atoms with Crippen molar-refractivity contribution < 1.29 is 23.4 Å². The first-order valence-corrected chi connectivity index (χ1v) is 9.09. The van der Waals surface area contributed by atoms with Crippen molar-refractivity contribution in [3.05, 3.63) is 78.5 Å². The summed E-state index contributed by atoms with van der Waals surface area (Å²) in [5, 5.41) is 2.69. The standard InChI is InChI=1S/C22H20FN3O4/c1-28-12-13-29-22-19(5-3-11-25-22)26-21(27)9-7-16-6-8-20(18(23)14-16)30-17-4-2-10-24-15-17/h2-11,14-15H,12-13H2,1H3,(H,26,27)/b9-7+. The fourth-order valence-electron chi connectivity index (χ4n) is 2.41. The lowest BCUT2D eigenvalue weighted by molar-refractivity contribution is -0.111. The minimum Gasteiger partial charge on any atom is -0.474 e. The second-order valence-corrected chi connectivity index (χ2v) is 6.00. The molecule has 0 spiro atoms. The Morgan fingerprint density at radius 1 is 1.17 bits per heavy atom. The molecule has 30 heavy (non-hydrogen) atoms. The Labute approximate surface area is 173 Å². The van der Waals surface area contributed by atoms with Crippen molar-refractivity contribution in [2.24, 2.45) is 0 Å². The van der Waals surface area contributed by atoms with Crippen molar-refractivity contribution >= 4 is 17.7 Å². The van der Waals surface area contributed by atoms with Crippen LogP contribution >= 0.6 is 0 Å². The summed E-state index contributed by atoms with van der Waals surface area (Å²) in [5.74, 6) is -0.172. The number of hydrogen-bond acceptors (Lipinski definition) is 6. The van der Waals surface area contributed by atoms with Crippen molar-refractivity contribution in [1.82, 2.24) is 9.97 Å². The van der Waals surface area contributed by atoms with Gasteiger partial charge >= 0.3 is 0 Å². The number of ether oxygens (including phenoxy) is 3. The van der Waals surface area contributed by atoms with E-state index in [1.807, 2.05) is 0 Å². The first-order valence-electron chi connectivity index (χ1n) is 9.09. The lowest BCUT2D eigenvalue weighted by Crippen LogP contribution is -2.12. The maximum Gasteiger partial charge on any atom is 0.248 e. The molecule has 0 atom stereocenters. The zero-order valence-electron chi connectivity index (χ0n) is 16.2. The molecule has 0 bridgehead atoms. The molecule has 0 aliphatic carbocycles. The van der Waals surface area contributed by atoms with Gasteiger partial charge in [0.1, 0.15) is 18.0 Å². The van der Waals surface area contributed by atoms with Crippen molar-refractivity contribution in [2.45, 2.75) is 0 Å². The molecule has 1 aromatic carbocycles. The summed E-state index contributed by atoms with van der Waals surface area (Å²) in [6.45, 7) is 0.703. The van der Waals surface area contributed by atoms with E-state index in [-0.39, 0.29) is 5.75 Å². The highest BCUT2D eigenvalue weighted by atomic mass is 19.1. The smallest absolute Gasteiger partial charge is 0.248 e. The van der Waals surface area contributed by atoms with E-state index in [0.29, 0.717) is 36.1 Å². The third-order valence-corrected chi connectivity index (χ3v) is 3.80. The number of hydrogen-bond donors (Lipinski definition) is 1. The third kappa shape index (κ3) is 6.11. The third-order valence-electron chi connectivity index (χ3n) is 3.80. The first kappa shape index (κ1) is 20.9. The monoisotopic (exact) mass is 409 g/mol. The summed E-state index contributed by atoms with van der Waals surface area (Å²) in [5.41, 5.74) is 0.929. The lowest BCUT2D eigenvalue weighted by atomic mass is 10.2. The fourth-order valence-corrected chi connectivity index (χ4v) is 2.41. The van der Waals surface area contributed by atoms with Gasteiger partial charge < -0.3 is 19.5 Å². The topological polar surface area (TPSA) is 82.6 Å². The highest BCUT2D eigenvalue weighted by molar-refractivity contribution is 6.02. The lowest BCUT2D eigenvalue weighted by Gasteiger charge is -2.09. The zero-order chi connectivity index (χ0) is 21.2. The van der Waals surface area contributed by atoms with Crippen LogP contribution < -0.4 is 14.8 Å². The summed E-state index contributed by atoms with van der Waals surface area (Å²) >= 11 is 0. The number of carbonyl (C=O) groups excluding carboxylic acids is 1. The van der Waals surface area contributed by atoms with Gasteiger partial charge in [-0.3, -0.25) is 9.78 Å². The van der Waals surface area contributed by atoms with Crippen LogP contribution in [-0.4, -0.2) is 36.2 Å². The van der Waals surface area contributed by atoms with Crippen LogP contribution in [-0.2, 0) is 9.53 Å². The quantitative estimate of drug-likeness (QED) is 0.424. The molecule has 1 N–H and O–H groups in total. The second-order valence-electron chi connectivity index (χ2n) is 6.00. The van der Waals surface area contributed by atoms with Crippen molar-refractivity contribution in [3.8, 4) is 17.4 Å². The molecule has 8 heteroatoms. The van der Waals surface area contributed by atoms with Crippen molar-refractivity contribution in [3.63, 3.8) is 0 Å². The van der Waals surface area contributed by atoms with Gasteiger partial charge in [0.2, 0.25) is 11.8 Å². The average Bonchev–Trinajstić information content (AvgIpc) is 2.76. The van der Waals surface area contributed by atoms with Crippen LogP contribution in [0.15, 0.2) is 67.1 Å². The van der Waals surface area contributed by atoms with E-state index in [1.54, 1.807) is 49.8 Å². The van der Waals surface area contributed by atoms with Crippen LogP contribution in [0.4, 0.5) is 10.1 Å². The number of benzene rings is 1. The second kappa shape index (κ2) is 10.7. The van der Waals surface area contributed by atoms with Crippen molar-refractivity contribution in [2.75, 3.05) is 25.6 Å². The summed E-state index contributed by atoms with van der Waals surface area (Å²) < 4.78 is 30.1. The van der Waals surface area contributed by atoms with Gasteiger partial charge in [-0.2, -0.15) is 0 Å². The molecule has 0 aliphatic rings. The Hall–Kier alpha value is -3.78. The van der Waals surface area contributed by atoms with Gasteiger partial charge in [-0.1, -0.05) is 6.07 Å². The molecule has 0 saturated carbocycles. The molecular weight excluding hydrogens is 389 g/mol. The molecule has 0 saturated heterocycles. The van der Waals surface area contributed by atoms with E-state index in [0.717, 1.165) is 0 Å². The highest BCUT2D eigenvalue weighted by Crippen LogP contribution is 2.25. The number of pyridine rings is 2. The molecule has 0 radical (unpaired) electrons. The number of nitrogens with zero attached hydrogens (tertiary/aromatic N) is 2. The molecule has 7 nitrogen and oxygen atoms in total.